The molecule has 1 aliphatic rings. The zero-order chi connectivity index (χ0) is 17.9. The lowest BCUT2D eigenvalue weighted by atomic mass is 10.1. The highest BCUT2D eigenvalue weighted by atomic mass is 16.4. The van der Waals surface area contributed by atoms with E-state index in [2.05, 4.69) is 10.00 Å². The monoisotopic (exact) mass is 353 g/mol. The number of hydrogen-bond donors (Lipinski definition) is 2. The van der Waals surface area contributed by atoms with Crippen molar-refractivity contribution in [3.8, 4) is 0 Å². The Bertz CT molecular complexity index is 856. The molecule has 0 saturated carbocycles. The van der Waals surface area contributed by atoms with Crippen molar-refractivity contribution < 1.29 is 14.6 Å². The number of hydrogen-bond acceptors (Lipinski definition) is 5. The number of aromatic nitrogens is 2. The fraction of sp³-hybridized carbons (Fsp3) is 0.350. The van der Waals surface area contributed by atoms with Gasteiger partial charge in [0.2, 0.25) is 0 Å². The molecule has 6 heteroatoms. The average Bonchev–Trinajstić information content (AvgIpc) is 3.24. The van der Waals surface area contributed by atoms with Crippen molar-refractivity contribution in [2.75, 3.05) is 6.54 Å². The quantitative estimate of drug-likeness (QED) is 0.737. The summed E-state index contributed by atoms with van der Waals surface area (Å²) in [5.74, 6) is 1.44. The van der Waals surface area contributed by atoms with E-state index in [0.29, 0.717) is 18.0 Å². The van der Waals surface area contributed by atoms with Gasteiger partial charge in [-0.2, -0.15) is 5.10 Å². The van der Waals surface area contributed by atoms with Crippen LogP contribution in [0.25, 0.3) is 0 Å². The molecule has 0 unspecified atom stereocenters. The summed E-state index contributed by atoms with van der Waals surface area (Å²) in [7, 11) is 0. The number of aliphatic hydroxyl groups is 2. The molecule has 0 spiro atoms. The molecular formula is C20H23N3O3. The first-order chi connectivity index (χ1) is 12.7. The van der Waals surface area contributed by atoms with Crippen LogP contribution in [0, 0.1) is 0 Å². The molecule has 3 heterocycles. The average molecular weight is 353 g/mol. The van der Waals surface area contributed by atoms with Crippen LogP contribution in [0.15, 0.2) is 52.9 Å². The van der Waals surface area contributed by atoms with Gasteiger partial charge in [-0.3, -0.25) is 9.58 Å². The molecule has 1 aromatic carbocycles. The van der Waals surface area contributed by atoms with E-state index in [-0.39, 0.29) is 6.61 Å². The summed E-state index contributed by atoms with van der Waals surface area (Å²) in [4.78, 5) is 2.30. The van der Waals surface area contributed by atoms with Gasteiger partial charge in [-0.25, -0.2) is 0 Å². The largest absolute Gasteiger partial charge is 0.462 e. The van der Waals surface area contributed by atoms with E-state index in [4.69, 9.17) is 9.52 Å². The van der Waals surface area contributed by atoms with Crippen LogP contribution in [0.4, 0.5) is 0 Å². The molecule has 0 saturated heterocycles. The van der Waals surface area contributed by atoms with Gasteiger partial charge in [0.15, 0.2) is 0 Å². The molecular weight excluding hydrogens is 330 g/mol. The number of rotatable bonds is 5. The Morgan fingerprint density at radius 3 is 2.65 bits per heavy atom. The molecule has 26 heavy (non-hydrogen) atoms. The van der Waals surface area contributed by atoms with E-state index < -0.39 is 6.10 Å². The third kappa shape index (κ3) is 3.58. The predicted octanol–water partition coefficient (Wildman–Crippen LogP) is 2.46. The van der Waals surface area contributed by atoms with Crippen molar-refractivity contribution in [3.05, 3.63) is 77.0 Å². The number of aryl methyl sites for hydroxylation is 1. The summed E-state index contributed by atoms with van der Waals surface area (Å²) in [5, 5.41) is 24.4. The summed E-state index contributed by atoms with van der Waals surface area (Å²) >= 11 is 0. The zero-order valence-corrected chi connectivity index (χ0v) is 14.6. The molecule has 0 bridgehead atoms. The number of aliphatic hydroxyl groups excluding tert-OH is 2. The third-order valence-electron chi connectivity index (χ3n) is 4.76. The van der Waals surface area contributed by atoms with Crippen molar-refractivity contribution in [2.45, 2.75) is 38.8 Å². The Balaban J connectivity index is 1.50. The highest BCUT2D eigenvalue weighted by molar-refractivity contribution is 5.26. The molecule has 1 aliphatic heterocycles. The van der Waals surface area contributed by atoms with Crippen molar-refractivity contribution in [1.29, 1.82) is 0 Å². The molecule has 2 N–H and O–H groups in total. The fourth-order valence-electron chi connectivity index (χ4n) is 3.44. The standard InChI is InChI=1S/C20H23N3O3/c24-14-18-8-7-17(26-18)13-22-9-4-10-23-16(12-22)11-19(21-23)20(25)15-5-2-1-3-6-15/h1-3,5-8,11,20,24-25H,4,9-10,12-14H2/t20-/m0/s1. The smallest absolute Gasteiger partial charge is 0.129 e. The van der Waals surface area contributed by atoms with E-state index in [1.165, 1.54) is 0 Å². The second kappa shape index (κ2) is 7.45. The van der Waals surface area contributed by atoms with Crippen LogP contribution in [0.3, 0.4) is 0 Å². The molecule has 136 valence electrons. The van der Waals surface area contributed by atoms with Gasteiger partial charge in [0.1, 0.15) is 24.2 Å². The molecule has 2 aromatic heterocycles. The second-order valence-electron chi connectivity index (χ2n) is 6.69. The Labute approximate surface area is 152 Å². The molecule has 0 amide bonds. The highest BCUT2D eigenvalue weighted by Gasteiger charge is 2.21. The molecule has 1 atom stereocenters. The van der Waals surface area contributed by atoms with Gasteiger partial charge in [-0.15, -0.1) is 0 Å². The van der Waals surface area contributed by atoms with E-state index in [1.54, 1.807) is 0 Å². The summed E-state index contributed by atoms with van der Waals surface area (Å²) in [6, 6.07) is 15.3. The second-order valence-corrected chi connectivity index (χ2v) is 6.69. The molecule has 0 fully saturated rings. The van der Waals surface area contributed by atoms with E-state index in [1.807, 2.05) is 53.2 Å². The van der Waals surface area contributed by atoms with E-state index >= 15 is 0 Å². The first-order valence-electron chi connectivity index (χ1n) is 8.93. The van der Waals surface area contributed by atoms with Crippen LogP contribution in [0.5, 0.6) is 0 Å². The van der Waals surface area contributed by atoms with Gasteiger partial charge >= 0.3 is 0 Å². The molecule has 3 aromatic rings. The maximum Gasteiger partial charge on any atom is 0.129 e. The van der Waals surface area contributed by atoms with Gasteiger partial charge in [0.05, 0.1) is 17.9 Å². The maximum atomic E-state index is 10.6. The summed E-state index contributed by atoms with van der Waals surface area (Å²) < 4.78 is 7.61. The minimum atomic E-state index is -0.707. The SMILES string of the molecule is OCc1ccc(CN2CCCn3nc([C@@H](O)c4ccccc4)cc3C2)o1. The van der Waals surface area contributed by atoms with Crippen LogP contribution < -0.4 is 0 Å². The van der Waals surface area contributed by atoms with Crippen LogP contribution in [0.1, 0.15) is 41.0 Å². The normalized spacial score (nSPS) is 16.2. The first kappa shape index (κ1) is 17.0. The first-order valence-corrected chi connectivity index (χ1v) is 8.93. The minimum absolute atomic E-state index is 0.0759. The third-order valence-corrected chi connectivity index (χ3v) is 4.76. The lowest BCUT2D eigenvalue weighted by Gasteiger charge is -2.17. The number of nitrogens with zero attached hydrogens (tertiary/aromatic N) is 3. The summed E-state index contributed by atoms with van der Waals surface area (Å²) in [6.45, 7) is 3.17. The lowest BCUT2D eigenvalue weighted by Crippen LogP contribution is -2.22. The number of fused-ring (bicyclic) bond motifs is 1. The Hall–Kier alpha value is -2.41. The highest BCUT2D eigenvalue weighted by Crippen LogP contribution is 2.24. The lowest BCUT2D eigenvalue weighted by molar-refractivity contribution is 0.212. The van der Waals surface area contributed by atoms with E-state index in [0.717, 1.165) is 43.1 Å². The molecule has 0 aliphatic carbocycles. The molecule has 4 rings (SSSR count). The van der Waals surface area contributed by atoms with Crippen molar-refractivity contribution in [1.82, 2.24) is 14.7 Å². The van der Waals surface area contributed by atoms with Gasteiger partial charge in [-0.05, 0) is 30.2 Å². The molecule has 0 radical (unpaired) electrons. The predicted molar refractivity (Wildman–Crippen MR) is 96.1 cm³/mol. The van der Waals surface area contributed by atoms with Gasteiger partial charge < -0.3 is 14.6 Å². The van der Waals surface area contributed by atoms with Crippen molar-refractivity contribution in [2.24, 2.45) is 0 Å². The Kier molecular flexibility index (Phi) is 4.88. The topological polar surface area (TPSA) is 74.7 Å². The summed E-state index contributed by atoms with van der Waals surface area (Å²) in [6.07, 6.45) is 0.282. The van der Waals surface area contributed by atoms with Crippen LogP contribution in [0.2, 0.25) is 0 Å². The maximum absolute atomic E-state index is 10.6. The minimum Gasteiger partial charge on any atom is -0.462 e. The number of furan rings is 1. The van der Waals surface area contributed by atoms with Crippen molar-refractivity contribution in [3.63, 3.8) is 0 Å². The van der Waals surface area contributed by atoms with Crippen LogP contribution in [-0.4, -0.2) is 31.4 Å². The van der Waals surface area contributed by atoms with Gasteiger partial charge in [0.25, 0.3) is 0 Å². The zero-order valence-electron chi connectivity index (χ0n) is 14.6. The van der Waals surface area contributed by atoms with Gasteiger partial charge in [-0.1, -0.05) is 30.3 Å². The van der Waals surface area contributed by atoms with Crippen LogP contribution in [-0.2, 0) is 26.2 Å². The fourth-order valence-corrected chi connectivity index (χ4v) is 3.44. The number of benzene rings is 1. The summed E-state index contributed by atoms with van der Waals surface area (Å²) in [5.41, 5.74) is 2.64. The van der Waals surface area contributed by atoms with Crippen molar-refractivity contribution >= 4 is 0 Å². The Morgan fingerprint density at radius 2 is 1.88 bits per heavy atom. The van der Waals surface area contributed by atoms with E-state index in [9.17, 15) is 5.11 Å². The molecule has 6 nitrogen and oxygen atoms in total. The van der Waals surface area contributed by atoms with Gasteiger partial charge in [0, 0.05) is 19.6 Å². The van der Waals surface area contributed by atoms with Crippen LogP contribution >= 0.6 is 0 Å². The Morgan fingerprint density at radius 1 is 1.08 bits per heavy atom.